The van der Waals surface area contributed by atoms with E-state index < -0.39 is 0 Å². The number of carbonyl (C=O) groups excluding carboxylic acids is 1. The molecular weight excluding hydrogens is 316 g/mol. The molecule has 4 rings (SSSR count). The Morgan fingerprint density at radius 1 is 1.24 bits per heavy atom. The summed E-state index contributed by atoms with van der Waals surface area (Å²) in [6.07, 6.45) is 2.82. The van der Waals surface area contributed by atoms with Crippen molar-refractivity contribution in [2.75, 3.05) is 29.9 Å². The molecule has 1 aromatic carbocycles. The fourth-order valence-corrected chi connectivity index (χ4v) is 3.48. The van der Waals surface area contributed by atoms with Crippen LogP contribution in [0.15, 0.2) is 36.4 Å². The quantitative estimate of drug-likeness (QED) is 0.862. The highest BCUT2D eigenvalue weighted by molar-refractivity contribution is 5.92. The molecule has 3 heterocycles. The molecule has 2 aromatic rings. The molecule has 7 heteroatoms. The summed E-state index contributed by atoms with van der Waals surface area (Å²) < 4.78 is 1.96. The lowest BCUT2D eigenvalue weighted by Crippen LogP contribution is -2.33. The molecule has 1 fully saturated rings. The Hall–Kier alpha value is -3.01. The molecule has 128 valence electrons. The van der Waals surface area contributed by atoms with Crippen LogP contribution < -0.4 is 10.2 Å². The number of anilines is 2. The van der Waals surface area contributed by atoms with E-state index in [1.807, 2.05) is 28.9 Å². The van der Waals surface area contributed by atoms with Gasteiger partial charge in [-0.25, -0.2) is 0 Å². The first kappa shape index (κ1) is 15.5. The van der Waals surface area contributed by atoms with Crippen LogP contribution in [0.1, 0.15) is 12.1 Å². The molecule has 25 heavy (non-hydrogen) atoms. The molecule has 1 aromatic heterocycles. The van der Waals surface area contributed by atoms with Crippen molar-refractivity contribution in [3.8, 4) is 6.19 Å². The van der Waals surface area contributed by atoms with Crippen molar-refractivity contribution in [2.45, 2.75) is 19.5 Å². The van der Waals surface area contributed by atoms with Crippen molar-refractivity contribution in [3.05, 3.63) is 42.1 Å². The Balaban J connectivity index is 1.42. The van der Waals surface area contributed by atoms with Crippen LogP contribution in [0.2, 0.25) is 0 Å². The van der Waals surface area contributed by atoms with Crippen LogP contribution in [0.5, 0.6) is 0 Å². The third-order valence-corrected chi connectivity index (χ3v) is 4.87. The average molecular weight is 336 g/mol. The molecule has 0 radical (unpaired) electrons. The SMILES string of the molecule is N#CN1CC[C@H](C(=O)Nc2cc3n(n2)CCN(c2ccccc2)C3)C1. The van der Waals surface area contributed by atoms with E-state index in [1.165, 1.54) is 5.69 Å². The monoisotopic (exact) mass is 336 g/mol. The summed E-state index contributed by atoms with van der Waals surface area (Å²) in [4.78, 5) is 16.3. The predicted octanol–water partition coefficient (Wildman–Crippen LogP) is 1.64. The summed E-state index contributed by atoms with van der Waals surface area (Å²) in [5, 5.41) is 16.3. The molecule has 1 amide bonds. The van der Waals surface area contributed by atoms with Gasteiger partial charge in [0.1, 0.15) is 0 Å². The van der Waals surface area contributed by atoms with Gasteiger partial charge in [0.05, 0.1) is 24.7 Å². The number of nitrogens with zero attached hydrogens (tertiary/aromatic N) is 5. The normalized spacial score (nSPS) is 19.4. The highest BCUT2D eigenvalue weighted by Crippen LogP contribution is 2.23. The fourth-order valence-electron chi connectivity index (χ4n) is 3.48. The number of rotatable bonds is 3. The van der Waals surface area contributed by atoms with Gasteiger partial charge in [0, 0.05) is 31.4 Å². The van der Waals surface area contributed by atoms with Crippen LogP contribution in [0.3, 0.4) is 0 Å². The van der Waals surface area contributed by atoms with Gasteiger partial charge in [-0.3, -0.25) is 9.48 Å². The van der Waals surface area contributed by atoms with Gasteiger partial charge < -0.3 is 15.1 Å². The van der Waals surface area contributed by atoms with Gasteiger partial charge in [-0.05, 0) is 18.6 Å². The van der Waals surface area contributed by atoms with Crippen molar-refractivity contribution in [1.29, 1.82) is 5.26 Å². The molecular formula is C18H20N6O. The maximum Gasteiger partial charge on any atom is 0.230 e. The van der Waals surface area contributed by atoms with Gasteiger partial charge in [-0.15, -0.1) is 0 Å². The number of nitriles is 1. The number of hydrogen-bond acceptors (Lipinski definition) is 5. The number of benzene rings is 1. The molecule has 7 nitrogen and oxygen atoms in total. The third-order valence-electron chi connectivity index (χ3n) is 4.87. The van der Waals surface area contributed by atoms with Crippen LogP contribution in [0, 0.1) is 17.4 Å². The standard InChI is InChI=1S/C18H20N6O/c19-13-22-7-6-14(11-22)18(25)20-17-10-16-12-23(8-9-24(16)21-17)15-4-2-1-3-5-15/h1-5,10,14H,6-9,11-12H2,(H,20,21,25)/t14-/m0/s1. The predicted molar refractivity (Wildman–Crippen MR) is 93.6 cm³/mol. The summed E-state index contributed by atoms with van der Waals surface area (Å²) in [5.74, 6) is 0.414. The largest absolute Gasteiger partial charge is 0.364 e. The fraction of sp³-hybridized carbons (Fsp3) is 0.389. The molecule has 0 saturated carbocycles. The third kappa shape index (κ3) is 3.15. The Kier molecular flexibility index (Phi) is 4.02. The van der Waals surface area contributed by atoms with E-state index >= 15 is 0 Å². The maximum absolute atomic E-state index is 12.4. The lowest BCUT2D eigenvalue weighted by molar-refractivity contribution is -0.119. The lowest BCUT2D eigenvalue weighted by atomic mass is 10.1. The van der Waals surface area contributed by atoms with E-state index in [2.05, 4.69) is 33.6 Å². The maximum atomic E-state index is 12.4. The van der Waals surface area contributed by atoms with Gasteiger partial charge in [-0.1, -0.05) is 18.2 Å². The molecule has 1 N–H and O–H groups in total. The van der Waals surface area contributed by atoms with Gasteiger partial charge in [0.2, 0.25) is 5.91 Å². The van der Waals surface area contributed by atoms with Crippen LogP contribution >= 0.6 is 0 Å². The van der Waals surface area contributed by atoms with Crippen molar-refractivity contribution in [1.82, 2.24) is 14.7 Å². The van der Waals surface area contributed by atoms with Crippen molar-refractivity contribution in [3.63, 3.8) is 0 Å². The van der Waals surface area contributed by atoms with E-state index in [9.17, 15) is 4.79 Å². The first-order chi connectivity index (χ1) is 12.2. The van der Waals surface area contributed by atoms with Crippen molar-refractivity contribution in [2.24, 2.45) is 5.92 Å². The van der Waals surface area contributed by atoms with Crippen LogP contribution in [-0.2, 0) is 17.9 Å². The smallest absolute Gasteiger partial charge is 0.230 e. The molecule has 0 aliphatic carbocycles. The summed E-state index contributed by atoms with van der Waals surface area (Å²) >= 11 is 0. The van der Waals surface area contributed by atoms with Gasteiger partial charge in [0.15, 0.2) is 12.0 Å². The number of likely N-dealkylation sites (tertiary alicyclic amines) is 1. The zero-order valence-electron chi connectivity index (χ0n) is 13.9. The van der Waals surface area contributed by atoms with Crippen LogP contribution in [0.25, 0.3) is 0 Å². The molecule has 1 saturated heterocycles. The highest BCUT2D eigenvalue weighted by Gasteiger charge is 2.28. The molecule has 2 aliphatic heterocycles. The number of aromatic nitrogens is 2. The first-order valence-electron chi connectivity index (χ1n) is 8.55. The summed E-state index contributed by atoms with van der Waals surface area (Å²) in [7, 11) is 0. The first-order valence-corrected chi connectivity index (χ1v) is 8.55. The second-order valence-electron chi connectivity index (χ2n) is 6.52. The lowest BCUT2D eigenvalue weighted by Gasteiger charge is -2.29. The topological polar surface area (TPSA) is 77.2 Å². The number of fused-ring (bicyclic) bond motifs is 1. The molecule has 1 atom stereocenters. The Labute approximate surface area is 146 Å². The van der Waals surface area contributed by atoms with Gasteiger partial charge in [-0.2, -0.15) is 10.4 Å². The van der Waals surface area contributed by atoms with E-state index in [0.29, 0.717) is 18.9 Å². The Morgan fingerprint density at radius 3 is 2.84 bits per heavy atom. The molecule has 0 unspecified atom stereocenters. The zero-order valence-corrected chi connectivity index (χ0v) is 13.9. The minimum atomic E-state index is -0.140. The Bertz CT molecular complexity index is 809. The number of nitrogens with one attached hydrogen (secondary N) is 1. The average Bonchev–Trinajstić information content (AvgIpc) is 3.28. The van der Waals surface area contributed by atoms with Gasteiger partial charge in [0.25, 0.3) is 0 Å². The number of para-hydroxylation sites is 1. The summed E-state index contributed by atoms with van der Waals surface area (Å²) in [6.45, 7) is 3.62. The van der Waals surface area contributed by atoms with E-state index in [-0.39, 0.29) is 11.8 Å². The van der Waals surface area contributed by atoms with E-state index in [0.717, 1.165) is 31.7 Å². The minimum absolute atomic E-state index is 0.0480. The number of amides is 1. The molecule has 0 spiro atoms. The minimum Gasteiger partial charge on any atom is -0.364 e. The van der Waals surface area contributed by atoms with Crippen LogP contribution in [0.4, 0.5) is 11.5 Å². The molecule has 2 aliphatic rings. The van der Waals surface area contributed by atoms with E-state index in [4.69, 9.17) is 5.26 Å². The second kappa shape index (κ2) is 6.48. The van der Waals surface area contributed by atoms with E-state index in [1.54, 1.807) is 4.90 Å². The number of hydrogen-bond donors (Lipinski definition) is 1. The number of carbonyl (C=O) groups is 1. The van der Waals surface area contributed by atoms with Crippen molar-refractivity contribution < 1.29 is 4.79 Å². The van der Waals surface area contributed by atoms with Crippen LogP contribution in [-0.4, -0.2) is 40.2 Å². The summed E-state index contributed by atoms with van der Waals surface area (Å²) in [5.41, 5.74) is 2.29. The zero-order chi connectivity index (χ0) is 17.2. The van der Waals surface area contributed by atoms with Crippen molar-refractivity contribution >= 4 is 17.4 Å². The molecule has 0 bridgehead atoms. The second-order valence-corrected chi connectivity index (χ2v) is 6.52. The van der Waals surface area contributed by atoms with Gasteiger partial charge >= 0.3 is 0 Å². The highest BCUT2D eigenvalue weighted by atomic mass is 16.2. The Morgan fingerprint density at radius 2 is 2.08 bits per heavy atom. The summed E-state index contributed by atoms with van der Waals surface area (Å²) in [6, 6.07) is 12.3.